The van der Waals surface area contributed by atoms with E-state index in [0.29, 0.717) is 49.8 Å². The maximum absolute atomic E-state index is 13.2. The molecule has 1 aromatic heterocycles. The molecule has 2 aromatic carbocycles. The third-order valence-corrected chi connectivity index (χ3v) is 8.13. The Kier molecular flexibility index (Phi) is 6.47. The molecule has 1 aliphatic heterocycles. The summed E-state index contributed by atoms with van der Waals surface area (Å²) in [5.41, 5.74) is 3.16. The number of piperazine rings is 1. The van der Waals surface area contributed by atoms with Crippen LogP contribution < -0.4 is 15.1 Å². The average molecular weight is 473 g/mol. The van der Waals surface area contributed by atoms with Crippen molar-refractivity contribution < 1.29 is 22.3 Å². The lowest BCUT2D eigenvalue weighted by Gasteiger charge is -2.34. The van der Waals surface area contributed by atoms with Gasteiger partial charge < -0.3 is 13.9 Å². The van der Waals surface area contributed by atoms with E-state index in [4.69, 9.17) is 13.9 Å². The number of ether oxygens (including phenoxy) is 2. The fourth-order valence-electron chi connectivity index (χ4n) is 4.15. The van der Waals surface area contributed by atoms with E-state index in [1.54, 1.807) is 6.07 Å². The van der Waals surface area contributed by atoms with Gasteiger partial charge in [0.25, 0.3) is 0 Å². The molecule has 33 heavy (non-hydrogen) atoms. The highest BCUT2D eigenvalue weighted by Crippen LogP contribution is 2.31. The predicted molar refractivity (Wildman–Crippen MR) is 126 cm³/mol. The molecule has 1 aliphatic rings. The minimum Gasteiger partial charge on any atom is -0.493 e. The maximum atomic E-state index is 13.2. The zero-order valence-corrected chi connectivity index (χ0v) is 20.1. The summed E-state index contributed by atoms with van der Waals surface area (Å²) in [5, 5.41) is 0.915. The smallest absolute Gasteiger partial charge is 0.336 e. The van der Waals surface area contributed by atoms with Crippen LogP contribution in [-0.2, 0) is 16.6 Å². The lowest BCUT2D eigenvalue weighted by molar-refractivity contribution is 0.182. The molecular weight excluding hydrogens is 444 g/mol. The van der Waals surface area contributed by atoms with E-state index < -0.39 is 10.0 Å². The summed E-state index contributed by atoms with van der Waals surface area (Å²) in [7, 11) is -0.678. The van der Waals surface area contributed by atoms with Gasteiger partial charge in [-0.25, -0.2) is 13.2 Å². The summed E-state index contributed by atoms with van der Waals surface area (Å²) in [6.07, 6.45) is 0. The van der Waals surface area contributed by atoms with Gasteiger partial charge in [0.2, 0.25) is 10.0 Å². The third-order valence-electron chi connectivity index (χ3n) is 6.24. The fraction of sp³-hybridized carbons (Fsp3) is 0.375. The molecule has 8 nitrogen and oxygen atoms in total. The molecule has 0 aliphatic carbocycles. The first-order valence-corrected chi connectivity index (χ1v) is 12.2. The van der Waals surface area contributed by atoms with Crippen molar-refractivity contribution >= 4 is 21.0 Å². The summed E-state index contributed by atoms with van der Waals surface area (Å²) in [6.45, 7) is 6.30. The van der Waals surface area contributed by atoms with Gasteiger partial charge in [-0.1, -0.05) is 12.1 Å². The van der Waals surface area contributed by atoms with Crippen molar-refractivity contribution in [2.45, 2.75) is 25.3 Å². The molecule has 0 saturated carbocycles. The van der Waals surface area contributed by atoms with Gasteiger partial charge in [-0.15, -0.1) is 0 Å². The number of fused-ring (bicyclic) bond motifs is 1. The first-order chi connectivity index (χ1) is 15.7. The van der Waals surface area contributed by atoms with Gasteiger partial charge >= 0.3 is 5.63 Å². The summed E-state index contributed by atoms with van der Waals surface area (Å²) in [4.78, 5) is 14.5. The monoisotopic (exact) mass is 472 g/mol. The van der Waals surface area contributed by atoms with Crippen LogP contribution in [0, 0.1) is 13.8 Å². The van der Waals surface area contributed by atoms with Crippen LogP contribution in [0.2, 0.25) is 0 Å². The Bertz CT molecular complexity index is 1340. The van der Waals surface area contributed by atoms with Crippen LogP contribution in [0.25, 0.3) is 11.0 Å². The largest absolute Gasteiger partial charge is 0.493 e. The quantitative estimate of drug-likeness (QED) is 0.510. The topological polar surface area (TPSA) is 89.3 Å². The maximum Gasteiger partial charge on any atom is 0.336 e. The van der Waals surface area contributed by atoms with Crippen molar-refractivity contribution in [1.82, 2.24) is 9.21 Å². The van der Waals surface area contributed by atoms with Crippen LogP contribution in [0.15, 0.2) is 50.5 Å². The van der Waals surface area contributed by atoms with Crippen molar-refractivity contribution in [2.24, 2.45) is 0 Å². The molecule has 1 fully saturated rings. The fourth-order valence-corrected chi connectivity index (χ4v) is 5.59. The van der Waals surface area contributed by atoms with Crippen molar-refractivity contribution in [3.63, 3.8) is 0 Å². The molecule has 0 amide bonds. The Morgan fingerprint density at radius 2 is 1.64 bits per heavy atom. The van der Waals surface area contributed by atoms with Crippen LogP contribution in [0.3, 0.4) is 0 Å². The molecule has 176 valence electrons. The molecule has 0 bridgehead atoms. The minimum atomic E-state index is -3.66. The van der Waals surface area contributed by atoms with Crippen LogP contribution in [0.5, 0.6) is 11.5 Å². The molecule has 3 aromatic rings. The molecular formula is C24H28N2O6S. The predicted octanol–water partition coefficient (Wildman–Crippen LogP) is 2.93. The van der Waals surface area contributed by atoms with Crippen molar-refractivity contribution in [1.29, 1.82) is 0 Å². The zero-order valence-electron chi connectivity index (χ0n) is 19.3. The second kappa shape index (κ2) is 9.17. The van der Waals surface area contributed by atoms with E-state index in [1.165, 1.54) is 36.7 Å². The Balaban J connectivity index is 1.51. The number of hydrogen-bond acceptors (Lipinski definition) is 7. The first kappa shape index (κ1) is 23.3. The van der Waals surface area contributed by atoms with Crippen LogP contribution in [0.4, 0.5) is 0 Å². The Labute approximate surface area is 193 Å². The van der Waals surface area contributed by atoms with E-state index >= 15 is 0 Å². The van der Waals surface area contributed by atoms with Gasteiger partial charge in [-0.3, -0.25) is 4.90 Å². The average Bonchev–Trinajstić information content (AvgIpc) is 2.81. The molecule has 0 unspecified atom stereocenters. The van der Waals surface area contributed by atoms with Gasteiger partial charge in [-0.2, -0.15) is 4.31 Å². The second-order valence-corrected chi connectivity index (χ2v) is 10.1. The molecule has 4 rings (SSSR count). The normalized spacial score (nSPS) is 15.6. The van der Waals surface area contributed by atoms with Gasteiger partial charge in [-0.05, 0) is 42.7 Å². The second-order valence-electron chi connectivity index (χ2n) is 8.17. The Hall–Kier alpha value is -2.88. The Morgan fingerprint density at radius 3 is 2.30 bits per heavy atom. The highest BCUT2D eigenvalue weighted by molar-refractivity contribution is 7.89. The number of benzene rings is 2. The summed E-state index contributed by atoms with van der Waals surface area (Å²) in [6, 6.07) is 10.1. The third kappa shape index (κ3) is 4.48. The molecule has 0 radical (unpaired) electrons. The summed E-state index contributed by atoms with van der Waals surface area (Å²) in [5.74, 6) is 0.851. The number of nitrogens with zero attached hydrogens (tertiary/aromatic N) is 2. The van der Waals surface area contributed by atoms with E-state index in [9.17, 15) is 13.2 Å². The standard InChI is InChI=1S/C24H28N2O6S/c1-16-5-7-20-18(13-23(27)32-24(20)17(16)2)15-25-9-11-26(12-10-25)33(28,29)19-6-8-21(30-3)22(14-19)31-4/h5-8,13-14H,9-12,15H2,1-4H3. The van der Waals surface area contributed by atoms with Gasteiger partial charge in [0.1, 0.15) is 5.58 Å². The zero-order chi connectivity index (χ0) is 23.8. The van der Waals surface area contributed by atoms with Gasteiger partial charge in [0.15, 0.2) is 11.5 Å². The lowest BCUT2D eigenvalue weighted by Crippen LogP contribution is -2.48. The number of hydrogen-bond donors (Lipinski definition) is 0. The van der Waals surface area contributed by atoms with Crippen LogP contribution in [-0.4, -0.2) is 58.0 Å². The van der Waals surface area contributed by atoms with Crippen molar-refractivity contribution in [2.75, 3.05) is 40.4 Å². The minimum absolute atomic E-state index is 0.172. The van der Waals surface area contributed by atoms with E-state index in [2.05, 4.69) is 4.90 Å². The van der Waals surface area contributed by atoms with Crippen LogP contribution in [0.1, 0.15) is 16.7 Å². The highest BCUT2D eigenvalue weighted by Gasteiger charge is 2.29. The van der Waals surface area contributed by atoms with Gasteiger partial charge in [0.05, 0.1) is 19.1 Å². The van der Waals surface area contributed by atoms with E-state index in [-0.39, 0.29) is 10.5 Å². The Morgan fingerprint density at radius 1 is 0.939 bits per heavy atom. The number of methoxy groups -OCH3 is 2. The summed E-state index contributed by atoms with van der Waals surface area (Å²) < 4.78 is 43.7. The molecule has 0 spiro atoms. The molecule has 0 N–H and O–H groups in total. The molecule has 2 heterocycles. The SMILES string of the molecule is COc1ccc(S(=O)(=O)N2CCN(Cc3cc(=O)oc4c(C)c(C)ccc34)CC2)cc1OC. The first-order valence-electron chi connectivity index (χ1n) is 10.7. The molecule has 0 atom stereocenters. The van der Waals surface area contributed by atoms with E-state index in [1.807, 2.05) is 26.0 Å². The lowest BCUT2D eigenvalue weighted by atomic mass is 10.0. The van der Waals surface area contributed by atoms with Gasteiger partial charge in [0, 0.05) is 50.2 Å². The molecule has 1 saturated heterocycles. The number of sulfonamides is 1. The number of aryl methyl sites for hydroxylation is 2. The highest BCUT2D eigenvalue weighted by atomic mass is 32.2. The number of rotatable bonds is 6. The summed E-state index contributed by atoms with van der Waals surface area (Å²) >= 11 is 0. The van der Waals surface area contributed by atoms with Crippen molar-refractivity contribution in [3.05, 3.63) is 63.5 Å². The van der Waals surface area contributed by atoms with Crippen LogP contribution >= 0.6 is 0 Å². The van der Waals surface area contributed by atoms with Crippen molar-refractivity contribution in [3.8, 4) is 11.5 Å². The van der Waals surface area contributed by atoms with E-state index in [0.717, 1.165) is 22.1 Å². The molecule has 9 heteroatoms.